The Hall–Kier alpha value is -1.06. The van der Waals surface area contributed by atoms with Crippen LogP contribution in [0.1, 0.15) is 65.7 Å². The number of carboxylic acid groups (broad SMARTS) is 1. The van der Waals surface area contributed by atoms with Crippen LogP contribution in [-0.4, -0.2) is 23.7 Å². The van der Waals surface area contributed by atoms with Crippen molar-refractivity contribution in [3.05, 3.63) is 0 Å². The lowest BCUT2D eigenvalue weighted by Crippen LogP contribution is -1.99. The van der Waals surface area contributed by atoms with Gasteiger partial charge in [-0.05, 0) is 12.8 Å². The summed E-state index contributed by atoms with van der Waals surface area (Å²) in [5.41, 5.74) is 0. The van der Waals surface area contributed by atoms with E-state index in [0.717, 1.165) is 12.8 Å². The van der Waals surface area contributed by atoms with Crippen molar-refractivity contribution in [2.45, 2.75) is 65.7 Å². The van der Waals surface area contributed by atoms with Crippen LogP contribution in [0.2, 0.25) is 0 Å². The maximum Gasteiger partial charge on any atom is 0.303 e. The molecule has 0 aromatic rings. The number of aliphatic carboxylic acids is 1. The Morgan fingerprint density at radius 2 is 1.59 bits per heavy atom. The van der Waals surface area contributed by atoms with Gasteiger partial charge in [0, 0.05) is 13.3 Å². The van der Waals surface area contributed by atoms with Crippen LogP contribution in [0.3, 0.4) is 0 Å². The lowest BCUT2D eigenvalue weighted by atomic mass is 10.2. The number of ether oxygens (including phenoxy) is 1. The maximum atomic E-state index is 10.3. The first kappa shape index (κ1) is 18.3. The fourth-order valence-electron chi connectivity index (χ4n) is 1.14. The molecule has 0 amide bonds. The van der Waals surface area contributed by atoms with Gasteiger partial charge in [0.2, 0.25) is 0 Å². The van der Waals surface area contributed by atoms with E-state index in [9.17, 15) is 9.59 Å². The summed E-state index contributed by atoms with van der Waals surface area (Å²) < 4.78 is 4.78. The molecule has 0 aromatic carbocycles. The van der Waals surface area contributed by atoms with Gasteiger partial charge < -0.3 is 9.84 Å². The van der Waals surface area contributed by atoms with Crippen molar-refractivity contribution in [1.29, 1.82) is 0 Å². The number of hydrogen-bond donors (Lipinski definition) is 1. The fraction of sp³-hybridized carbons (Fsp3) is 0.846. The minimum atomic E-state index is -0.711. The highest BCUT2D eigenvalue weighted by Gasteiger charge is 1.92. The summed E-state index contributed by atoms with van der Waals surface area (Å²) in [6.45, 7) is 6.07. The third-order valence-electron chi connectivity index (χ3n) is 2.02. The summed E-state index contributed by atoms with van der Waals surface area (Å²) in [5.74, 6) is -0.877. The van der Waals surface area contributed by atoms with E-state index < -0.39 is 5.97 Å². The first-order valence-electron chi connectivity index (χ1n) is 6.39. The summed E-state index contributed by atoms with van der Waals surface area (Å²) >= 11 is 0. The van der Waals surface area contributed by atoms with E-state index in [1.165, 1.54) is 32.6 Å². The molecule has 4 nitrogen and oxygen atoms in total. The highest BCUT2D eigenvalue weighted by molar-refractivity contribution is 5.66. The predicted molar refractivity (Wildman–Crippen MR) is 67.9 cm³/mol. The largest absolute Gasteiger partial charge is 0.481 e. The van der Waals surface area contributed by atoms with Gasteiger partial charge in [-0.15, -0.1) is 0 Å². The Morgan fingerprint density at radius 1 is 1.00 bits per heavy atom. The summed E-state index contributed by atoms with van der Waals surface area (Å²) in [7, 11) is 0. The summed E-state index contributed by atoms with van der Waals surface area (Å²) in [6.07, 6.45) is 7.03. The first-order chi connectivity index (χ1) is 8.04. The molecule has 0 unspecified atom stereocenters. The molecule has 0 atom stereocenters. The molecule has 0 aliphatic rings. The van der Waals surface area contributed by atoms with E-state index in [1.807, 2.05) is 6.92 Å². The minimum absolute atomic E-state index is 0.166. The van der Waals surface area contributed by atoms with Gasteiger partial charge in [0.25, 0.3) is 0 Å². The zero-order chi connectivity index (χ0) is 13.5. The smallest absolute Gasteiger partial charge is 0.303 e. The predicted octanol–water partition coefficient (Wildman–Crippen LogP) is 3.39. The van der Waals surface area contributed by atoms with Crippen molar-refractivity contribution < 1.29 is 19.4 Å². The number of esters is 1. The van der Waals surface area contributed by atoms with Gasteiger partial charge in [-0.3, -0.25) is 9.59 Å². The number of carbonyl (C=O) groups excluding carboxylic acids is 1. The number of hydrogen-bond acceptors (Lipinski definition) is 3. The zero-order valence-corrected chi connectivity index (χ0v) is 11.3. The molecule has 0 heterocycles. The molecular weight excluding hydrogens is 220 g/mol. The van der Waals surface area contributed by atoms with Gasteiger partial charge in [-0.2, -0.15) is 0 Å². The van der Waals surface area contributed by atoms with Gasteiger partial charge in [-0.25, -0.2) is 0 Å². The highest BCUT2D eigenvalue weighted by Crippen LogP contribution is 2.02. The Labute approximate surface area is 104 Å². The van der Waals surface area contributed by atoms with Crippen LogP contribution in [0.4, 0.5) is 0 Å². The topological polar surface area (TPSA) is 63.6 Å². The molecular formula is C13H26O4. The Balaban J connectivity index is 0. The molecule has 0 aliphatic carbocycles. The summed E-state index contributed by atoms with van der Waals surface area (Å²) in [6, 6.07) is 0. The molecule has 0 saturated heterocycles. The Morgan fingerprint density at radius 3 is 1.94 bits per heavy atom. The van der Waals surface area contributed by atoms with E-state index in [0.29, 0.717) is 13.0 Å². The lowest BCUT2D eigenvalue weighted by Gasteiger charge is -2.00. The molecule has 0 aromatic heterocycles. The van der Waals surface area contributed by atoms with Crippen molar-refractivity contribution in [2.24, 2.45) is 0 Å². The molecule has 102 valence electrons. The van der Waals surface area contributed by atoms with Crippen molar-refractivity contribution >= 4 is 11.9 Å². The second-order valence-corrected chi connectivity index (χ2v) is 3.90. The van der Waals surface area contributed by atoms with Gasteiger partial charge in [0.05, 0.1) is 6.61 Å². The van der Waals surface area contributed by atoms with E-state index in [2.05, 4.69) is 6.92 Å². The quantitative estimate of drug-likeness (QED) is 0.526. The molecule has 4 heteroatoms. The van der Waals surface area contributed by atoms with Crippen LogP contribution in [0.15, 0.2) is 0 Å². The number of carbonyl (C=O) groups is 2. The molecule has 1 N–H and O–H groups in total. The Kier molecular flexibility index (Phi) is 16.1. The third-order valence-corrected chi connectivity index (χ3v) is 2.02. The highest BCUT2D eigenvalue weighted by atomic mass is 16.5. The summed E-state index contributed by atoms with van der Waals surface area (Å²) in [5, 5.41) is 7.91. The maximum absolute atomic E-state index is 10.3. The van der Waals surface area contributed by atoms with E-state index in [1.54, 1.807) is 0 Å². The van der Waals surface area contributed by atoms with Crippen LogP contribution in [0, 0.1) is 0 Å². The molecule has 0 rings (SSSR count). The molecule has 17 heavy (non-hydrogen) atoms. The summed E-state index contributed by atoms with van der Waals surface area (Å²) in [4.78, 5) is 19.9. The molecule has 0 spiro atoms. The third kappa shape index (κ3) is 25.3. The minimum Gasteiger partial charge on any atom is -0.481 e. The van der Waals surface area contributed by atoms with Crippen LogP contribution in [0.5, 0.6) is 0 Å². The van der Waals surface area contributed by atoms with Crippen LogP contribution in [-0.2, 0) is 14.3 Å². The molecule has 0 saturated carbocycles. The standard InChI is InChI=1S/C9H18O2.C4H8O2/c1-3-4-5-6-7-8-11-9(2)10;1-2-3-4(5)6/h3-8H2,1-2H3;2-3H2,1H3,(H,5,6). The van der Waals surface area contributed by atoms with Crippen LogP contribution in [0.25, 0.3) is 0 Å². The molecule has 0 bridgehead atoms. The average Bonchev–Trinajstić information content (AvgIpc) is 2.23. The lowest BCUT2D eigenvalue weighted by molar-refractivity contribution is -0.141. The molecule has 0 aliphatic heterocycles. The first-order valence-corrected chi connectivity index (χ1v) is 6.39. The van der Waals surface area contributed by atoms with Gasteiger partial charge in [0.15, 0.2) is 0 Å². The van der Waals surface area contributed by atoms with Gasteiger partial charge >= 0.3 is 11.9 Å². The SMILES string of the molecule is CCCC(=O)O.CCCCCCCOC(C)=O. The second-order valence-electron chi connectivity index (χ2n) is 3.90. The van der Waals surface area contributed by atoms with Gasteiger partial charge in [0.1, 0.15) is 0 Å². The fourth-order valence-corrected chi connectivity index (χ4v) is 1.14. The van der Waals surface area contributed by atoms with Crippen molar-refractivity contribution in [1.82, 2.24) is 0 Å². The monoisotopic (exact) mass is 246 g/mol. The number of unbranched alkanes of at least 4 members (excludes halogenated alkanes) is 4. The van der Waals surface area contributed by atoms with E-state index >= 15 is 0 Å². The van der Waals surface area contributed by atoms with Crippen LogP contribution >= 0.6 is 0 Å². The van der Waals surface area contributed by atoms with Crippen molar-refractivity contribution in [3.8, 4) is 0 Å². The van der Waals surface area contributed by atoms with E-state index in [-0.39, 0.29) is 5.97 Å². The zero-order valence-electron chi connectivity index (χ0n) is 11.3. The number of rotatable bonds is 8. The number of carboxylic acids is 1. The van der Waals surface area contributed by atoms with E-state index in [4.69, 9.17) is 9.84 Å². The second kappa shape index (κ2) is 14.9. The van der Waals surface area contributed by atoms with Crippen molar-refractivity contribution in [3.63, 3.8) is 0 Å². The average molecular weight is 246 g/mol. The van der Waals surface area contributed by atoms with Crippen LogP contribution < -0.4 is 0 Å². The molecule has 0 fully saturated rings. The van der Waals surface area contributed by atoms with Gasteiger partial charge in [-0.1, -0.05) is 39.5 Å². The van der Waals surface area contributed by atoms with Crippen molar-refractivity contribution in [2.75, 3.05) is 6.61 Å². The normalized spacial score (nSPS) is 9.12. The Bertz CT molecular complexity index is 190. The molecule has 0 radical (unpaired) electrons.